The Balaban J connectivity index is 2.37. The molecule has 0 unspecified atom stereocenters. The number of rotatable bonds is 4. The maximum absolute atomic E-state index is 12.2. The largest absolute Gasteiger partial charge is 0.493 e. The average molecular weight is 340 g/mol. The summed E-state index contributed by atoms with van der Waals surface area (Å²) >= 11 is 11.7. The summed E-state index contributed by atoms with van der Waals surface area (Å²) in [6.07, 6.45) is 0. The summed E-state index contributed by atoms with van der Waals surface area (Å²) < 4.78 is 5.11. The van der Waals surface area contributed by atoms with Crippen LogP contribution in [0.4, 0.5) is 5.69 Å². The van der Waals surface area contributed by atoms with Gasteiger partial charge in [0.2, 0.25) is 0 Å². The van der Waals surface area contributed by atoms with Gasteiger partial charge in [0.1, 0.15) is 0 Å². The monoisotopic (exact) mass is 339 g/mol. The van der Waals surface area contributed by atoms with Crippen molar-refractivity contribution in [2.45, 2.75) is 0 Å². The summed E-state index contributed by atoms with van der Waals surface area (Å²) in [5.41, 5.74) is 0.479. The molecule has 0 fully saturated rings. The lowest BCUT2D eigenvalue weighted by Crippen LogP contribution is -2.13. The number of hydrogen-bond acceptors (Lipinski definition) is 3. The molecule has 7 heteroatoms. The first kappa shape index (κ1) is 16.1. The molecule has 1 amide bonds. The van der Waals surface area contributed by atoms with Gasteiger partial charge in [-0.15, -0.1) is 0 Å². The minimum Gasteiger partial charge on any atom is -0.493 e. The highest BCUT2D eigenvalue weighted by Crippen LogP contribution is 2.34. The maximum atomic E-state index is 12.2. The van der Waals surface area contributed by atoms with Gasteiger partial charge in [-0.2, -0.15) is 0 Å². The molecule has 114 valence electrons. The summed E-state index contributed by atoms with van der Waals surface area (Å²) in [6, 6.07) is 8.78. The van der Waals surface area contributed by atoms with Crippen LogP contribution in [0.2, 0.25) is 10.0 Å². The summed E-state index contributed by atoms with van der Waals surface area (Å²) in [5.74, 6) is -1.41. The van der Waals surface area contributed by atoms with Crippen LogP contribution in [0.1, 0.15) is 20.7 Å². The Morgan fingerprint density at radius 2 is 1.73 bits per heavy atom. The van der Waals surface area contributed by atoms with Crippen LogP contribution in [0, 0.1) is 0 Å². The molecule has 0 aliphatic heterocycles. The molecule has 2 aromatic carbocycles. The Morgan fingerprint density at radius 3 is 2.27 bits per heavy atom. The molecular formula is C15H11Cl2NO4. The molecule has 22 heavy (non-hydrogen) atoms. The van der Waals surface area contributed by atoms with E-state index in [1.165, 1.54) is 19.2 Å². The van der Waals surface area contributed by atoms with E-state index in [9.17, 15) is 9.59 Å². The van der Waals surface area contributed by atoms with Crippen LogP contribution < -0.4 is 10.1 Å². The number of aromatic carboxylic acids is 1. The molecular weight excluding hydrogens is 329 g/mol. The summed E-state index contributed by atoms with van der Waals surface area (Å²) in [7, 11) is 1.37. The van der Waals surface area contributed by atoms with Crippen LogP contribution in [0.25, 0.3) is 0 Å². The normalized spacial score (nSPS) is 10.1. The number of carboxylic acid groups (broad SMARTS) is 1. The number of methoxy groups -OCH3 is 1. The number of ether oxygens (including phenoxy) is 1. The van der Waals surface area contributed by atoms with Gasteiger partial charge in [-0.3, -0.25) is 4.79 Å². The van der Waals surface area contributed by atoms with Gasteiger partial charge in [-0.05, 0) is 36.4 Å². The minimum atomic E-state index is -1.16. The lowest BCUT2D eigenvalue weighted by Gasteiger charge is -2.13. The highest BCUT2D eigenvalue weighted by Gasteiger charge is 2.16. The highest BCUT2D eigenvalue weighted by atomic mass is 35.5. The molecule has 0 radical (unpaired) electrons. The molecule has 0 saturated heterocycles. The van der Waals surface area contributed by atoms with Gasteiger partial charge in [0.05, 0.1) is 23.4 Å². The third-order valence-electron chi connectivity index (χ3n) is 2.85. The fraction of sp³-hybridized carbons (Fsp3) is 0.0667. The van der Waals surface area contributed by atoms with Crippen molar-refractivity contribution in [2.24, 2.45) is 0 Å². The quantitative estimate of drug-likeness (QED) is 0.884. The lowest BCUT2D eigenvalue weighted by molar-refractivity contribution is 0.0696. The van der Waals surface area contributed by atoms with Crippen molar-refractivity contribution >= 4 is 40.8 Å². The number of anilines is 1. The van der Waals surface area contributed by atoms with Crippen LogP contribution in [-0.4, -0.2) is 24.1 Å². The van der Waals surface area contributed by atoms with Gasteiger partial charge in [-0.25, -0.2) is 4.79 Å². The zero-order valence-corrected chi connectivity index (χ0v) is 12.9. The second-order valence-electron chi connectivity index (χ2n) is 4.31. The fourth-order valence-electron chi connectivity index (χ4n) is 1.81. The third kappa shape index (κ3) is 3.50. The minimum absolute atomic E-state index is 0.0581. The molecule has 0 heterocycles. The first-order chi connectivity index (χ1) is 10.4. The van der Waals surface area contributed by atoms with Crippen molar-refractivity contribution in [3.8, 4) is 5.75 Å². The molecule has 2 rings (SSSR count). The zero-order valence-electron chi connectivity index (χ0n) is 11.4. The summed E-state index contributed by atoms with van der Waals surface area (Å²) in [6.45, 7) is 0. The van der Waals surface area contributed by atoms with Gasteiger partial charge < -0.3 is 15.2 Å². The number of carbonyl (C=O) groups excluding carboxylic acids is 1. The van der Waals surface area contributed by atoms with E-state index in [0.29, 0.717) is 10.6 Å². The van der Waals surface area contributed by atoms with E-state index in [-0.39, 0.29) is 22.0 Å². The van der Waals surface area contributed by atoms with E-state index >= 15 is 0 Å². The third-order valence-corrected chi connectivity index (χ3v) is 3.38. The Morgan fingerprint density at radius 1 is 1.09 bits per heavy atom. The molecule has 0 saturated carbocycles. The van der Waals surface area contributed by atoms with Crippen molar-refractivity contribution in [1.82, 2.24) is 0 Å². The van der Waals surface area contributed by atoms with Crippen molar-refractivity contribution in [3.05, 3.63) is 57.6 Å². The molecule has 0 spiro atoms. The predicted molar refractivity (Wildman–Crippen MR) is 84.4 cm³/mol. The van der Waals surface area contributed by atoms with Gasteiger partial charge in [-0.1, -0.05) is 23.2 Å². The van der Waals surface area contributed by atoms with Gasteiger partial charge >= 0.3 is 5.97 Å². The first-order valence-corrected chi connectivity index (χ1v) is 6.85. The number of nitrogens with one attached hydrogen (secondary N) is 1. The first-order valence-electron chi connectivity index (χ1n) is 6.10. The van der Waals surface area contributed by atoms with E-state index in [4.69, 9.17) is 33.0 Å². The van der Waals surface area contributed by atoms with Gasteiger partial charge in [0, 0.05) is 10.6 Å². The zero-order chi connectivity index (χ0) is 16.3. The molecule has 0 bridgehead atoms. The topological polar surface area (TPSA) is 75.6 Å². The molecule has 0 aromatic heterocycles. The fourth-order valence-corrected chi connectivity index (χ4v) is 2.24. The van der Waals surface area contributed by atoms with E-state index in [2.05, 4.69) is 5.32 Å². The molecule has 2 N–H and O–H groups in total. The number of carboxylic acids is 1. The smallest absolute Gasteiger partial charge is 0.335 e. The Labute approximate surface area is 136 Å². The molecule has 5 nitrogen and oxygen atoms in total. The van der Waals surface area contributed by atoms with Crippen LogP contribution in [0.3, 0.4) is 0 Å². The van der Waals surface area contributed by atoms with E-state index in [0.717, 1.165) is 0 Å². The Kier molecular flexibility index (Phi) is 4.90. The second-order valence-corrected chi connectivity index (χ2v) is 5.15. The van der Waals surface area contributed by atoms with E-state index < -0.39 is 11.9 Å². The molecule has 2 aromatic rings. The van der Waals surface area contributed by atoms with Crippen LogP contribution in [0.15, 0.2) is 36.4 Å². The molecule has 0 aliphatic carbocycles. The number of benzene rings is 2. The van der Waals surface area contributed by atoms with Crippen molar-refractivity contribution < 1.29 is 19.4 Å². The Bertz CT molecular complexity index is 729. The summed E-state index contributed by atoms with van der Waals surface area (Å²) in [4.78, 5) is 23.3. The standard InChI is InChI=1S/C15H11Cl2NO4/c1-22-13-11(17)6-9(15(20)21)7-12(13)18-14(19)8-2-4-10(16)5-3-8/h2-7H,1H3,(H,18,19)(H,20,21). The van der Waals surface area contributed by atoms with Crippen LogP contribution >= 0.6 is 23.2 Å². The van der Waals surface area contributed by atoms with E-state index in [1.54, 1.807) is 24.3 Å². The van der Waals surface area contributed by atoms with Crippen molar-refractivity contribution in [3.63, 3.8) is 0 Å². The second kappa shape index (κ2) is 6.68. The van der Waals surface area contributed by atoms with Crippen molar-refractivity contribution in [1.29, 1.82) is 0 Å². The summed E-state index contributed by atoms with van der Waals surface area (Å²) in [5, 5.41) is 12.2. The number of halogens is 2. The van der Waals surface area contributed by atoms with Crippen LogP contribution in [-0.2, 0) is 0 Å². The Hall–Kier alpha value is -2.24. The van der Waals surface area contributed by atoms with Gasteiger partial charge in [0.25, 0.3) is 5.91 Å². The predicted octanol–water partition coefficient (Wildman–Crippen LogP) is 3.95. The maximum Gasteiger partial charge on any atom is 0.335 e. The number of carbonyl (C=O) groups is 2. The number of hydrogen-bond donors (Lipinski definition) is 2. The average Bonchev–Trinajstić information content (AvgIpc) is 2.47. The number of amides is 1. The lowest BCUT2D eigenvalue weighted by atomic mass is 10.1. The highest BCUT2D eigenvalue weighted by molar-refractivity contribution is 6.33. The molecule has 0 aliphatic rings. The van der Waals surface area contributed by atoms with E-state index in [1.807, 2.05) is 0 Å². The van der Waals surface area contributed by atoms with Crippen LogP contribution in [0.5, 0.6) is 5.75 Å². The SMILES string of the molecule is COc1c(Cl)cc(C(=O)O)cc1NC(=O)c1ccc(Cl)cc1. The van der Waals surface area contributed by atoms with Gasteiger partial charge in [0.15, 0.2) is 5.75 Å². The molecule has 0 atom stereocenters. The van der Waals surface area contributed by atoms with Crippen molar-refractivity contribution in [2.75, 3.05) is 12.4 Å².